The van der Waals surface area contributed by atoms with E-state index in [4.69, 9.17) is 5.26 Å². The first-order chi connectivity index (χ1) is 12.2. The van der Waals surface area contributed by atoms with Crippen LogP contribution in [-0.4, -0.2) is 19.3 Å². The fraction of sp³-hybridized carbons (Fsp3) is 0.0667. The molecule has 1 N–H and O–H groups in total. The molecule has 26 heavy (non-hydrogen) atoms. The van der Waals surface area contributed by atoms with Gasteiger partial charge < -0.3 is 4.98 Å². The fourth-order valence-corrected chi connectivity index (χ4v) is 2.29. The molecular weight excluding hydrogens is 358 g/mol. The lowest BCUT2D eigenvalue weighted by molar-refractivity contribution is -0.141. The highest BCUT2D eigenvalue weighted by Crippen LogP contribution is 2.26. The third kappa shape index (κ3) is 2.88. The second-order valence-electron chi connectivity index (χ2n) is 5.04. The smallest absolute Gasteiger partial charge is 0.303 e. The normalized spacial score (nSPS) is 11.3. The molecule has 0 aliphatic rings. The zero-order valence-corrected chi connectivity index (χ0v) is 12.6. The van der Waals surface area contributed by atoms with Gasteiger partial charge in [-0.25, -0.2) is 18.4 Å². The molecule has 132 valence electrons. The largest absolute Gasteiger partial charge is 0.431 e. The molecule has 11 heteroatoms. The fourth-order valence-electron chi connectivity index (χ4n) is 2.29. The van der Waals surface area contributed by atoms with E-state index in [0.717, 1.165) is 12.1 Å². The molecule has 3 aromatic rings. The van der Waals surface area contributed by atoms with Crippen LogP contribution in [0.5, 0.6) is 0 Å². The molecule has 0 spiro atoms. The molecular formula is C15H7F4N5O2. The molecule has 7 nitrogen and oxygen atoms in total. The number of halogens is 4. The number of hydrogen-bond acceptors (Lipinski definition) is 4. The Labute approximate surface area is 141 Å². The van der Waals surface area contributed by atoms with E-state index in [1.165, 1.54) is 28.1 Å². The maximum atomic E-state index is 14.3. The Morgan fingerprint density at radius 1 is 1.15 bits per heavy atom. The van der Waals surface area contributed by atoms with Gasteiger partial charge in [0.05, 0.1) is 16.9 Å². The van der Waals surface area contributed by atoms with Crippen LogP contribution in [0.15, 0.2) is 46.2 Å². The minimum absolute atomic E-state index is 0.0418. The zero-order chi connectivity index (χ0) is 19.1. The molecule has 0 aliphatic carbocycles. The first-order valence-corrected chi connectivity index (χ1v) is 6.90. The van der Waals surface area contributed by atoms with Crippen LogP contribution in [0.25, 0.3) is 11.4 Å². The van der Waals surface area contributed by atoms with Crippen molar-refractivity contribution >= 4 is 0 Å². The van der Waals surface area contributed by atoms with Crippen molar-refractivity contribution in [3.05, 3.63) is 74.6 Å². The van der Waals surface area contributed by atoms with Gasteiger partial charge in [-0.05, 0) is 18.2 Å². The number of alkyl halides is 3. The number of hydrogen-bond donors (Lipinski definition) is 1. The summed E-state index contributed by atoms with van der Waals surface area (Å²) < 4.78 is 53.7. The highest BCUT2D eigenvalue weighted by molar-refractivity contribution is 5.55. The number of nitrogens with zero attached hydrogens (tertiary/aromatic N) is 4. The quantitative estimate of drug-likeness (QED) is 0.700. The van der Waals surface area contributed by atoms with E-state index in [0.29, 0.717) is 0 Å². The topological polar surface area (TPSA) is 96.5 Å². The molecule has 0 bridgehead atoms. The van der Waals surface area contributed by atoms with Crippen molar-refractivity contribution in [3.63, 3.8) is 0 Å². The van der Waals surface area contributed by atoms with Gasteiger partial charge in [-0.3, -0.25) is 4.79 Å². The predicted molar refractivity (Wildman–Crippen MR) is 79.5 cm³/mol. The predicted octanol–water partition coefficient (Wildman–Crippen LogP) is 1.74. The molecule has 2 aromatic heterocycles. The highest BCUT2D eigenvalue weighted by Gasteiger charge is 2.33. The first kappa shape index (κ1) is 17.2. The van der Waals surface area contributed by atoms with E-state index < -0.39 is 34.6 Å². The van der Waals surface area contributed by atoms with E-state index in [2.05, 4.69) is 5.10 Å². The number of nitriles is 1. The Kier molecular flexibility index (Phi) is 3.96. The van der Waals surface area contributed by atoms with Gasteiger partial charge in [-0.2, -0.15) is 23.5 Å². The third-order valence-corrected chi connectivity index (χ3v) is 3.42. The SMILES string of the molecule is N#Cc1cc(F)c(-n2c(=O)cc(C(F)(F)F)[nH]c2=O)cc1-n1cccn1. The summed E-state index contributed by atoms with van der Waals surface area (Å²) in [4.78, 5) is 25.5. The maximum absolute atomic E-state index is 14.3. The summed E-state index contributed by atoms with van der Waals surface area (Å²) in [5, 5.41) is 13.0. The summed E-state index contributed by atoms with van der Waals surface area (Å²) in [6.07, 6.45) is -2.14. The van der Waals surface area contributed by atoms with E-state index in [9.17, 15) is 27.2 Å². The van der Waals surface area contributed by atoms with Crippen molar-refractivity contribution in [2.75, 3.05) is 0 Å². The standard InChI is InChI=1S/C15H7F4N5O2/c16-9-4-8(7-20)10(23-3-1-2-21-23)5-11(9)24-13(25)6-12(15(17,18)19)22-14(24)26/h1-6H,(H,22,26). The van der Waals surface area contributed by atoms with Gasteiger partial charge in [0.2, 0.25) is 0 Å². The molecule has 0 radical (unpaired) electrons. The molecule has 0 unspecified atom stereocenters. The van der Waals surface area contributed by atoms with Crippen molar-refractivity contribution in [2.45, 2.75) is 6.18 Å². The number of H-pyrrole nitrogens is 1. The van der Waals surface area contributed by atoms with E-state index in [-0.39, 0.29) is 21.9 Å². The van der Waals surface area contributed by atoms with Crippen LogP contribution in [0.2, 0.25) is 0 Å². The average Bonchev–Trinajstić information content (AvgIpc) is 3.08. The number of benzene rings is 1. The van der Waals surface area contributed by atoms with Crippen molar-refractivity contribution in [2.24, 2.45) is 0 Å². The van der Waals surface area contributed by atoms with Crippen LogP contribution in [-0.2, 0) is 6.18 Å². The second-order valence-corrected chi connectivity index (χ2v) is 5.04. The van der Waals surface area contributed by atoms with Crippen molar-refractivity contribution in [3.8, 4) is 17.4 Å². The van der Waals surface area contributed by atoms with E-state index in [1.807, 2.05) is 0 Å². The van der Waals surface area contributed by atoms with Crippen LogP contribution in [0.1, 0.15) is 11.3 Å². The minimum Gasteiger partial charge on any atom is -0.303 e. The molecule has 0 aliphatic heterocycles. The number of nitrogens with one attached hydrogen (secondary N) is 1. The van der Waals surface area contributed by atoms with Crippen LogP contribution in [0.3, 0.4) is 0 Å². The summed E-state index contributed by atoms with van der Waals surface area (Å²) >= 11 is 0. The Balaban J connectivity index is 2.29. The Hall–Kier alpha value is -3.68. The highest BCUT2D eigenvalue weighted by atomic mass is 19.4. The molecule has 2 heterocycles. The van der Waals surface area contributed by atoms with Crippen molar-refractivity contribution in [1.29, 1.82) is 5.26 Å². The minimum atomic E-state index is -4.94. The summed E-state index contributed by atoms with van der Waals surface area (Å²) in [5.74, 6) is -1.13. The third-order valence-electron chi connectivity index (χ3n) is 3.42. The van der Waals surface area contributed by atoms with Gasteiger partial charge in [0.25, 0.3) is 5.56 Å². The maximum Gasteiger partial charge on any atom is 0.431 e. The summed E-state index contributed by atoms with van der Waals surface area (Å²) in [5.41, 5.74) is -5.12. The number of rotatable bonds is 2. The van der Waals surface area contributed by atoms with Crippen LogP contribution in [0, 0.1) is 17.1 Å². The van der Waals surface area contributed by atoms with Gasteiger partial charge in [0, 0.05) is 18.5 Å². The molecule has 0 saturated carbocycles. The van der Waals surface area contributed by atoms with Gasteiger partial charge >= 0.3 is 11.9 Å². The molecule has 0 fully saturated rings. The molecule has 3 rings (SSSR count). The van der Waals surface area contributed by atoms with Crippen molar-refractivity contribution in [1.82, 2.24) is 19.3 Å². The number of aromatic amines is 1. The summed E-state index contributed by atoms with van der Waals surface area (Å²) in [6.45, 7) is 0. The van der Waals surface area contributed by atoms with E-state index >= 15 is 0 Å². The number of aromatic nitrogens is 4. The Morgan fingerprint density at radius 3 is 2.42 bits per heavy atom. The summed E-state index contributed by atoms with van der Waals surface area (Å²) in [7, 11) is 0. The lowest BCUT2D eigenvalue weighted by Crippen LogP contribution is -2.36. The van der Waals surface area contributed by atoms with E-state index in [1.54, 1.807) is 6.07 Å². The lowest BCUT2D eigenvalue weighted by Gasteiger charge is -2.12. The molecule has 0 amide bonds. The first-order valence-electron chi connectivity index (χ1n) is 6.90. The van der Waals surface area contributed by atoms with Crippen molar-refractivity contribution < 1.29 is 17.6 Å². The Morgan fingerprint density at radius 2 is 1.88 bits per heavy atom. The van der Waals surface area contributed by atoms with Crippen LogP contribution < -0.4 is 11.2 Å². The van der Waals surface area contributed by atoms with Gasteiger partial charge in [-0.1, -0.05) is 0 Å². The van der Waals surface area contributed by atoms with Gasteiger partial charge in [0.1, 0.15) is 17.6 Å². The Bertz CT molecular complexity index is 1110. The summed E-state index contributed by atoms with van der Waals surface area (Å²) in [6, 6.07) is 5.14. The second kappa shape index (κ2) is 5.99. The van der Waals surface area contributed by atoms with Crippen LogP contribution >= 0.6 is 0 Å². The molecule has 0 saturated heterocycles. The van der Waals surface area contributed by atoms with Gasteiger partial charge in [-0.15, -0.1) is 0 Å². The van der Waals surface area contributed by atoms with Crippen LogP contribution in [0.4, 0.5) is 17.6 Å². The van der Waals surface area contributed by atoms with Gasteiger partial charge in [0.15, 0.2) is 0 Å². The zero-order valence-electron chi connectivity index (χ0n) is 12.6. The lowest BCUT2D eigenvalue weighted by atomic mass is 10.1. The molecule has 1 aromatic carbocycles. The average molecular weight is 365 g/mol. The molecule has 0 atom stereocenters. The monoisotopic (exact) mass is 365 g/mol.